The molecule has 0 radical (unpaired) electrons. The molecule has 0 saturated heterocycles. The van der Waals surface area contributed by atoms with Crippen molar-refractivity contribution in [3.05, 3.63) is 81.8 Å². The summed E-state index contributed by atoms with van der Waals surface area (Å²) in [5, 5.41) is 3.18. The maximum absolute atomic E-state index is 12.9. The van der Waals surface area contributed by atoms with E-state index in [-0.39, 0.29) is 11.5 Å². The Balaban J connectivity index is 1.65. The quantitative estimate of drug-likeness (QED) is 0.789. The fourth-order valence-corrected chi connectivity index (χ4v) is 3.33. The molecule has 1 N–H and O–H groups in total. The molecule has 132 valence electrons. The van der Waals surface area contributed by atoms with E-state index in [2.05, 4.69) is 5.10 Å². The zero-order valence-corrected chi connectivity index (χ0v) is 14.4. The van der Waals surface area contributed by atoms with Crippen LogP contribution >= 0.6 is 0 Å². The Labute approximate surface area is 150 Å². The molecule has 1 aromatic heterocycles. The Hall–Kier alpha value is -3.28. The van der Waals surface area contributed by atoms with Crippen molar-refractivity contribution < 1.29 is 9.53 Å². The van der Waals surface area contributed by atoms with E-state index in [9.17, 15) is 9.59 Å². The molecule has 0 aliphatic carbocycles. The third-order valence-electron chi connectivity index (χ3n) is 4.69. The van der Waals surface area contributed by atoms with Gasteiger partial charge in [-0.3, -0.25) is 14.7 Å². The van der Waals surface area contributed by atoms with Gasteiger partial charge in [0.2, 0.25) is 0 Å². The van der Waals surface area contributed by atoms with Gasteiger partial charge in [0.25, 0.3) is 11.5 Å². The minimum Gasteiger partial charge on any atom is -0.496 e. The second kappa shape index (κ2) is 6.55. The molecule has 3 aromatic rings. The topological polar surface area (TPSA) is 67.3 Å². The van der Waals surface area contributed by atoms with Crippen LogP contribution in [-0.2, 0) is 13.0 Å². The highest BCUT2D eigenvalue weighted by Gasteiger charge is 2.27. The number of nitrogens with zero attached hydrogens (tertiary/aromatic N) is 2. The number of amides is 1. The predicted molar refractivity (Wildman–Crippen MR) is 97.8 cm³/mol. The number of aromatic nitrogens is 2. The van der Waals surface area contributed by atoms with E-state index in [0.717, 1.165) is 11.4 Å². The number of carbonyl (C=O) groups excluding carboxylic acids is 1. The van der Waals surface area contributed by atoms with Gasteiger partial charge in [0.1, 0.15) is 5.75 Å². The van der Waals surface area contributed by atoms with Crippen molar-refractivity contribution in [1.82, 2.24) is 14.7 Å². The van der Waals surface area contributed by atoms with Crippen molar-refractivity contribution in [3.63, 3.8) is 0 Å². The smallest absolute Gasteiger partial charge is 0.276 e. The van der Waals surface area contributed by atoms with Gasteiger partial charge in [0.05, 0.1) is 30.5 Å². The van der Waals surface area contributed by atoms with Crippen LogP contribution in [-0.4, -0.2) is 34.2 Å². The average Bonchev–Trinajstić information content (AvgIpc) is 3.04. The number of aromatic amines is 1. The molecule has 1 amide bonds. The molecule has 6 heteroatoms. The number of fused-ring (bicyclic) bond motifs is 1. The Kier molecular flexibility index (Phi) is 4.08. The van der Waals surface area contributed by atoms with Crippen LogP contribution in [0.4, 0.5) is 0 Å². The number of benzene rings is 2. The third-order valence-corrected chi connectivity index (χ3v) is 4.69. The van der Waals surface area contributed by atoms with E-state index in [4.69, 9.17) is 4.74 Å². The number of ether oxygens (including phenoxy) is 1. The number of H-pyrrole nitrogens is 1. The molecule has 1 aliphatic rings. The summed E-state index contributed by atoms with van der Waals surface area (Å²) in [6, 6.07) is 16.6. The van der Waals surface area contributed by atoms with Crippen LogP contribution in [0.25, 0.3) is 5.69 Å². The molecule has 0 bridgehead atoms. The van der Waals surface area contributed by atoms with Gasteiger partial charge in [-0.05, 0) is 24.3 Å². The molecule has 0 unspecified atom stereocenters. The van der Waals surface area contributed by atoms with E-state index in [1.54, 1.807) is 28.8 Å². The molecular formula is C20H19N3O3. The predicted octanol–water partition coefficient (Wildman–Crippen LogP) is 2.37. The van der Waals surface area contributed by atoms with Crippen molar-refractivity contribution in [3.8, 4) is 11.4 Å². The van der Waals surface area contributed by atoms with E-state index in [1.807, 2.05) is 42.5 Å². The summed E-state index contributed by atoms with van der Waals surface area (Å²) in [5.41, 5.74) is 2.72. The number of carbonyl (C=O) groups is 1. The van der Waals surface area contributed by atoms with Crippen LogP contribution in [0.3, 0.4) is 0 Å². The number of nitrogens with one attached hydrogen (secondary N) is 1. The van der Waals surface area contributed by atoms with Crippen LogP contribution in [0.1, 0.15) is 21.6 Å². The highest BCUT2D eigenvalue weighted by molar-refractivity contribution is 5.97. The summed E-state index contributed by atoms with van der Waals surface area (Å²) < 4.78 is 6.84. The molecular weight excluding hydrogens is 330 g/mol. The number of para-hydroxylation sites is 2. The lowest BCUT2D eigenvalue weighted by Gasteiger charge is -2.26. The number of hydrogen-bond donors (Lipinski definition) is 1. The Morgan fingerprint density at radius 3 is 2.58 bits per heavy atom. The van der Waals surface area contributed by atoms with Crippen molar-refractivity contribution >= 4 is 5.91 Å². The summed E-state index contributed by atoms with van der Waals surface area (Å²) >= 11 is 0. The zero-order valence-electron chi connectivity index (χ0n) is 14.4. The lowest BCUT2D eigenvalue weighted by molar-refractivity contribution is 0.0730. The fourth-order valence-electron chi connectivity index (χ4n) is 3.33. The Morgan fingerprint density at radius 1 is 1.08 bits per heavy atom. The van der Waals surface area contributed by atoms with E-state index in [1.165, 1.54) is 0 Å². The van der Waals surface area contributed by atoms with Crippen molar-refractivity contribution in [2.75, 3.05) is 13.7 Å². The zero-order chi connectivity index (χ0) is 18.1. The minimum absolute atomic E-state index is 0.108. The standard InChI is InChI=1S/C20H19N3O3/c1-26-18-10-6-5-9-15(18)19(24)22-12-11-17-16(13-22)20(25)23(21-17)14-7-3-2-4-8-14/h2-10,21H,11-13H2,1H3. The average molecular weight is 349 g/mol. The monoisotopic (exact) mass is 349 g/mol. The molecule has 0 fully saturated rings. The second-order valence-corrected chi connectivity index (χ2v) is 6.22. The largest absolute Gasteiger partial charge is 0.496 e. The maximum Gasteiger partial charge on any atom is 0.276 e. The van der Waals surface area contributed by atoms with Crippen LogP contribution in [0.15, 0.2) is 59.4 Å². The van der Waals surface area contributed by atoms with Gasteiger partial charge >= 0.3 is 0 Å². The lowest BCUT2D eigenvalue weighted by atomic mass is 10.1. The number of hydrogen-bond acceptors (Lipinski definition) is 3. The fraction of sp³-hybridized carbons (Fsp3) is 0.200. The van der Waals surface area contributed by atoms with Crippen LogP contribution in [0.5, 0.6) is 5.75 Å². The van der Waals surface area contributed by atoms with E-state index < -0.39 is 0 Å². The number of rotatable bonds is 3. The number of methoxy groups -OCH3 is 1. The summed E-state index contributed by atoms with van der Waals surface area (Å²) in [6.45, 7) is 0.847. The molecule has 0 spiro atoms. The first kappa shape index (κ1) is 16.2. The van der Waals surface area contributed by atoms with Crippen LogP contribution in [0, 0.1) is 0 Å². The van der Waals surface area contributed by atoms with Crippen LogP contribution < -0.4 is 10.3 Å². The molecule has 6 nitrogen and oxygen atoms in total. The molecule has 26 heavy (non-hydrogen) atoms. The lowest BCUT2D eigenvalue weighted by Crippen LogP contribution is -2.37. The normalized spacial score (nSPS) is 13.3. The first-order valence-corrected chi connectivity index (χ1v) is 8.49. The molecule has 0 saturated carbocycles. The van der Waals surface area contributed by atoms with Gasteiger partial charge < -0.3 is 9.64 Å². The molecule has 1 aliphatic heterocycles. The first-order chi connectivity index (χ1) is 12.7. The van der Waals surface area contributed by atoms with Gasteiger partial charge in [-0.1, -0.05) is 30.3 Å². The van der Waals surface area contributed by atoms with Gasteiger partial charge in [0.15, 0.2) is 0 Å². The highest BCUT2D eigenvalue weighted by Crippen LogP contribution is 2.23. The summed E-state index contributed by atoms with van der Waals surface area (Å²) in [4.78, 5) is 27.4. The third kappa shape index (κ3) is 2.69. The Bertz CT molecular complexity index is 1000. The highest BCUT2D eigenvalue weighted by atomic mass is 16.5. The maximum atomic E-state index is 12.9. The van der Waals surface area contributed by atoms with Gasteiger partial charge in [-0.2, -0.15) is 0 Å². The minimum atomic E-state index is -0.125. The molecule has 0 atom stereocenters. The molecule has 2 heterocycles. The second-order valence-electron chi connectivity index (χ2n) is 6.22. The molecule has 2 aromatic carbocycles. The van der Waals surface area contributed by atoms with E-state index in [0.29, 0.717) is 36.4 Å². The van der Waals surface area contributed by atoms with Crippen molar-refractivity contribution in [2.24, 2.45) is 0 Å². The van der Waals surface area contributed by atoms with Gasteiger partial charge in [0, 0.05) is 18.7 Å². The molecule has 4 rings (SSSR count). The van der Waals surface area contributed by atoms with Crippen molar-refractivity contribution in [2.45, 2.75) is 13.0 Å². The van der Waals surface area contributed by atoms with Crippen molar-refractivity contribution in [1.29, 1.82) is 0 Å². The summed E-state index contributed by atoms with van der Waals surface area (Å²) in [6.07, 6.45) is 0.616. The summed E-state index contributed by atoms with van der Waals surface area (Å²) in [7, 11) is 1.55. The Morgan fingerprint density at radius 2 is 1.81 bits per heavy atom. The van der Waals surface area contributed by atoms with E-state index >= 15 is 0 Å². The van der Waals surface area contributed by atoms with Gasteiger partial charge in [-0.25, -0.2) is 4.68 Å². The SMILES string of the molecule is COc1ccccc1C(=O)N1CCc2[nH]n(-c3ccccc3)c(=O)c2C1. The first-order valence-electron chi connectivity index (χ1n) is 8.49. The summed E-state index contributed by atoms with van der Waals surface area (Å²) in [5.74, 6) is 0.416. The van der Waals surface area contributed by atoms with Crippen LogP contribution in [0.2, 0.25) is 0 Å². The van der Waals surface area contributed by atoms with Gasteiger partial charge in [-0.15, -0.1) is 0 Å².